The predicted molar refractivity (Wildman–Crippen MR) is 117 cm³/mol. The number of rotatable bonds is 8. The SMILES string of the molecule is Cc1oc(-c2cccs2)nc1CN1CCCC(C(=O)NCCCN2CCOCC2)C1. The van der Waals surface area contributed by atoms with E-state index in [1.165, 1.54) is 0 Å². The van der Waals surface area contributed by atoms with Gasteiger partial charge in [0.05, 0.1) is 29.7 Å². The molecule has 164 valence electrons. The van der Waals surface area contributed by atoms with Crippen molar-refractivity contribution < 1.29 is 13.9 Å². The van der Waals surface area contributed by atoms with Crippen molar-refractivity contribution in [3.05, 3.63) is 29.0 Å². The molecule has 1 N–H and O–H groups in total. The van der Waals surface area contributed by atoms with E-state index in [2.05, 4.69) is 15.1 Å². The van der Waals surface area contributed by atoms with E-state index < -0.39 is 0 Å². The molecule has 8 heteroatoms. The number of aromatic nitrogens is 1. The topological polar surface area (TPSA) is 70.8 Å². The zero-order chi connectivity index (χ0) is 20.8. The van der Waals surface area contributed by atoms with E-state index in [0.717, 1.165) is 94.6 Å². The third-order valence-corrected chi connectivity index (χ3v) is 6.79. The highest BCUT2D eigenvalue weighted by atomic mass is 32.1. The van der Waals surface area contributed by atoms with Crippen LogP contribution in [0.3, 0.4) is 0 Å². The van der Waals surface area contributed by atoms with Crippen LogP contribution in [0.1, 0.15) is 30.7 Å². The number of likely N-dealkylation sites (tertiary alicyclic amines) is 1. The Kier molecular flexibility index (Phi) is 7.54. The molecule has 0 bridgehead atoms. The molecule has 0 aliphatic carbocycles. The Morgan fingerprint density at radius 1 is 1.30 bits per heavy atom. The highest BCUT2D eigenvalue weighted by molar-refractivity contribution is 7.13. The number of piperidine rings is 1. The average molecular weight is 433 g/mol. The fourth-order valence-electron chi connectivity index (χ4n) is 4.19. The predicted octanol–water partition coefficient (Wildman–Crippen LogP) is 2.76. The molecule has 2 aliphatic heterocycles. The summed E-state index contributed by atoms with van der Waals surface area (Å²) in [4.78, 5) is 23.2. The van der Waals surface area contributed by atoms with E-state index in [1.54, 1.807) is 11.3 Å². The van der Waals surface area contributed by atoms with Gasteiger partial charge in [-0.25, -0.2) is 4.98 Å². The second kappa shape index (κ2) is 10.5. The van der Waals surface area contributed by atoms with E-state index >= 15 is 0 Å². The molecule has 2 aliphatic rings. The van der Waals surface area contributed by atoms with Crippen LogP contribution in [0.2, 0.25) is 0 Å². The Morgan fingerprint density at radius 3 is 2.97 bits per heavy atom. The van der Waals surface area contributed by atoms with Gasteiger partial charge in [0.15, 0.2) is 0 Å². The van der Waals surface area contributed by atoms with Crippen molar-refractivity contribution in [2.24, 2.45) is 5.92 Å². The normalized spacial score (nSPS) is 21.0. The fourth-order valence-corrected chi connectivity index (χ4v) is 4.84. The lowest BCUT2D eigenvalue weighted by Crippen LogP contribution is -2.43. The Labute approximate surface area is 182 Å². The van der Waals surface area contributed by atoms with E-state index in [-0.39, 0.29) is 11.8 Å². The molecule has 0 spiro atoms. The van der Waals surface area contributed by atoms with Crippen LogP contribution < -0.4 is 5.32 Å². The summed E-state index contributed by atoms with van der Waals surface area (Å²) in [7, 11) is 0. The Bertz CT molecular complexity index is 801. The van der Waals surface area contributed by atoms with Gasteiger partial charge in [0.2, 0.25) is 11.8 Å². The molecule has 2 aromatic rings. The van der Waals surface area contributed by atoms with Crippen molar-refractivity contribution in [1.82, 2.24) is 20.1 Å². The first-order chi connectivity index (χ1) is 14.7. The van der Waals surface area contributed by atoms with Crippen molar-refractivity contribution in [2.45, 2.75) is 32.7 Å². The van der Waals surface area contributed by atoms with Crippen LogP contribution in [0.15, 0.2) is 21.9 Å². The largest absolute Gasteiger partial charge is 0.440 e. The minimum absolute atomic E-state index is 0.0612. The Hall–Kier alpha value is -1.74. The van der Waals surface area contributed by atoms with Gasteiger partial charge in [-0.05, 0) is 50.7 Å². The number of hydrogen-bond acceptors (Lipinski definition) is 7. The molecule has 1 atom stereocenters. The van der Waals surface area contributed by atoms with Gasteiger partial charge in [-0.3, -0.25) is 14.6 Å². The molecular formula is C22H32N4O3S. The summed E-state index contributed by atoms with van der Waals surface area (Å²) in [6.45, 7) is 9.93. The Balaban J connectivity index is 1.22. The van der Waals surface area contributed by atoms with Gasteiger partial charge in [-0.1, -0.05) is 6.07 Å². The highest BCUT2D eigenvalue weighted by Gasteiger charge is 2.27. The molecule has 2 aromatic heterocycles. The summed E-state index contributed by atoms with van der Waals surface area (Å²) >= 11 is 1.63. The van der Waals surface area contributed by atoms with E-state index in [9.17, 15) is 4.79 Å². The summed E-state index contributed by atoms with van der Waals surface area (Å²) in [6, 6.07) is 4.04. The number of morpholine rings is 1. The molecule has 0 radical (unpaired) electrons. The molecule has 1 unspecified atom stereocenters. The van der Waals surface area contributed by atoms with E-state index in [0.29, 0.717) is 5.89 Å². The zero-order valence-electron chi connectivity index (χ0n) is 17.8. The summed E-state index contributed by atoms with van der Waals surface area (Å²) in [5.41, 5.74) is 0.977. The lowest BCUT2D eigenvalue weighted by molar-refractivity contribution is -0.126. The van der Waals surface area contributed by atoms with Crippen molar-refractivity contribution in [2.75, 3.05) is 52.5 Å². The van der Waals surface area contributed by atoms with Gasteiger partial charge in [-0.15, -0.1) is 11.3 Å². The molecule has 7 nitrogen and oxygen atoms in total. The standard InChI is InChI=1S/C22H32N4O3S/c1-17-19(24-22(29-17)20-6-3-14-30-20)16-26-8-2-5-18(15-26)21(27)23-7-4-9-25-10-12-28-13-11-25/h3,6,14,18H,2,4-5,7-13,15-16H2,1H3,(H,23,27). The van der Waals surface area contributed by atoms with Crippen LogP contribution in [0.4, 0.5) is 0 Å². The lowest BCUT2D eigenvalue weighted by Gasteiger charge is -2.31. The average Bonchev–Trinajstić information content (AvgIpc) is 3.42. The maximum absolute atomic E-state index is 12.7. The number of ether oxygens (including phenoxy) is 1. The summed E-state index contributed by atoms with van der Waals surface area (Å²) < 4.78 is 11.2. The molecule has 0 aromatic carbocycles. The van der Waals surface area contributed by atoms with Crippen molar-refractivity contribution in [3.8, 4) is 10.8 Å². The van der Waals surface area contributed by atoms with Crippen LogP contribution in [-0.4, -0.2) is 73.2 Å². The number of carbonyl (C=O) groups excluding carboxylic acids is 1. The maximum Gasteiger partial charge on any atom is 0.236 e. The van der Waals surface area contributed by atoms with Gasteiger partial charge in [-0.2, -0.15) is 0 Å². The zero-order valence-corrected chi connectivity index (χ0v) is 18.6. The van der Waals surface area contributed by atoms with E-state index in [4.69, 9.17) is 14.1 Å². The number of hydrogen-bond donors (Lipinski definition) is 1. The highest BCUT2D eigenvalue weighted by Crippen LogP contribution is 2.27. The third-order valence-electron chi connectivity index (χ3n) is 5.93. The fraction of sp³-hybridized carbons (Fsp3) is 0.636. The van der Waals surface area contributed by atoms with Gasteiger partial charge >= 0.3 is 0 Å². The first kappa shape index (κ1) is 21.5. The minimum Gasteiger partial charge on any atom is -0.440 e. The lowest BCUT2D eigenvalue weighted by atomic mass is 9.97. The van der Waals surface area contributed by atoms with Crippen molar-refractivity contribution in [3.63, 3.8) is 0 Å². The molecule has 1 amide bonds. The number of thiophene rings is 1. The molecule has 2 fully saturated rings. The minimum atomic E-state index is 0.0612. The van der Waals surface area contributed by atoms with Gasteiger partial charge in [0.1, 0.15) is 5.76 Å². The van der Waals surface area contributed by atoms with Crippen molar-refractivity contribution in [1.29, 1.82) is 0 Å². The molecule has 30 heavy (non-hydrogen) atoms. The van der Waals surface area contributed by atoms with Gasteiger partial charge in [0.25, 0.3) is 0 Å². The van der Waals surface area contributed by atoms with E-state index in [1.807, 2.05) is 24.4 Å². The summed E-state index contributed by atoms with van der Waals surface area (Å²) in [5, 5.41) is 5.19. The number of amides is 1. The Morgan fingerprint density at radius 2 is 2.17 bits per heavy atom. The number of nitrogens with one attached hydrogen (secondary N) is 1. The first-order valence-electron chi connectivity index (χ1n) is 11.0. The van der Waals surface area contributed by atoms with Gasteiger partial charge in [0, 0.05) is 32.7 Å². The number of oxazole rings is 1. The molecular weight excluding hydrogens is 400 g/mol. The maximum atomic E-state index is 12.7. The monoisotopic (exact) mass is 432 g/mol. The summed E-state index contributed by atoms with van der Waals surface area (Å²) in [6.07, 6.45) is 3.00. The van der Waals surface area contributed by atoms with Crippen LogP contribution in [0.25, 0.3) is 10.8 Å². The van der Waals surface area contributed by atoms with Crippen LogP contribution in [-0.2, 0) is 16.1 Å². The third kappa shape index (κ3) is 5.69. The molecule has 4 rings (SSSR count). The van der Waals surface area contributed by atoms with Gasteiger partial charge < -0.3 is 14.5 Å². The van der Waals surface area contributed by atoms with Crippen molar-refractivity contribution >= 4 is 17.2 Å². The number of carbonyl (C=O) groups is 1. The molecule has 4 heterocycles. The quantitative estimate of drug-likeness (QED) is 0.647. The molecule has 0 saturated carbocycles. The number of aryl methyl sites for hydroxylation is 1. The first-order valence-corrected chi connectivity index (χ1v) is 11.9. The van der Waals surface area contributed by atoms with Crippen LogP contribution in [0, 0.1) is 12.8 Å². The van der Waals surface area contributed by atoms with Crippen LogP contribution in [0.5, 0.6) is 0 Å². The summed E-state index contributed by atoms with van der Waals surface area (Å²) in [5.74, 6) is 1.82. The molecule has 2 saturated heterocycles. The smallest absolute Gasteiger partial charge is 0.236 e. The second-order valence-corrected chi connectivity index (χ2v) is 9.12. The number of nitrogens with zero attached hydrogens (tertiary/aromatic N) is 3. The van der Waals surface area contributed by atoms with Crippen LogP contribution >= 0.6 is 11.3 Å². The second-order valence-electron chi connectivity index (χ2n) is 8.17.